The van der Waals surface area contributed by atoms with Crippen molar-refractivity contribution in [2.75, 3.05) is 12.4 Å². The molecule has 0 saturated heterocycles. The first-order valence-electron chi connectivity index (χ1n) is 8.87. The lowest BCUT2D eigenvalue weighted by atomic mass is 10.0. The predicted octanol–water partition coefficient (Wildman–Crippen LogP) is 2.37. The smallest absolute Gasteiger partial charge is 0.251 e. The summed E-state index contributed by atoms with van der Waals surface area (Å²) < 4.78 is 0. The molecule has 27 heavy (non-hydrogen) atoms. The first-order valence-corrected chi connectivity index (χ1v) is 8.87. The summed E-state index contributed by atoms with van der Waals surface area (Å²) in [6.45, 7) is 3.75. The molecule has 0 heterocycles. The van der Waals surface area contributed by atoms with Crippen LogP contribution in [-0.4, -0.2) is 30.8 Å². The van der Waals surface area contributed by atoms with Gasteiger partial charge in [0.25, 0.3) is 5.91 Å². The molecule has 2 aromatic rings. The highest BCUT2D eigenvalue weighted by molar-refractivity contribution is 5.98. The van der Waals surface area contributed by atoms with Crippen molar-refractivity contribution in [1.82, 2.24) is 10.6 Å². The summed E-state index contributed by atoms with van der Waals surface area (Å²) in [7, 11) is 1.56. The van der Waals surface area contributed by atoms with Crippen molar-refractivity contribution in [3.8, 4) is 0 Å². The van der Waals surface area contributed by atoms with Crippen molar-refractivity contribution in [3.05, 3.63) is 65.7 Å². The molecule has 0 bridgehead atoms. The Morgan fingerprint density at radius 3 is 2.11 bits per heavy atom. The van der Waals surface area contributed by atoms with Crippen molar-refractivity contribution in [1.29, 1.82) is 0 Å². The fourth-order valence-electron chi connectivity index (χ4n) is 2.61. The fraction of sp³-hybridized carbons (Fsp3) is 0.286. The van der Waals surface area contributed by atoms with Gasteiger partial charge in [-0.1, -0.05) is 44.2 Å². The second kappa shape index (κ2) is 9.52. The molecular weight excluding hydrogens is 342 g/mol. The number of hydrogen-bond acceptors (Lipinski definition) is 3. The van der Waals surface area contributed by atoms with E-state index < -0.39 is 6.04 Å². The Morgan fingerprint density at radius 2 is 1.56 bits per heavy atom. The molecule has 6 nitrogen and oxygen atoms in total. The van der Waals surface area contributed by atoms with Crippen molar-refractivity contribution in [3.63, 3.8) is 0 Å². The van der Waals surface area contributed by atoms with Gasteiger partial charge in [0.15, 0.2) is 0 Å². The number of carbonyl (C=O) groups is 3. The van der Waals surface area contributed by atoms with Crippen LogP contribution in [0.3, 0.4) is 0 Å². The number of nitrogens with one attached hydrogen (secondary N) is 3. The Bertz CT molecular complexity index is 786. The maximum absolute atomic E-state index is 12.6. The minimum Gasteiger partial charge on any atom is -0.355 e. The quantitative estimate of drug-likeness (QED) is 0.702. The molecule has 2 rings (SSSR count). The van der Waals surface area contributed by atoms with E-state index in [2.05, 4.69) is 16.0 Å². The standard InChI is InChI=1S/C21H25N3O3/c1-14(2)19(24-18(25)13-15-7-5-4-6-8-15)21(27)23-17-11-9-16(10-12-17)20(26)22-3/h4-12,14,19H,13H2,1-3H3,(H,22,26)(H,23,27)(H,24,25)/t19-/m1/s1. The maximum atomic E-state index is 12.6. The summed E-state index contributed by atoms with van der Waals surface area (Å²) in [6.07, 6.45) is 0.220. The molecule has 3 amide bonds. The number of hydrogen-bond donors (Lipinski definition) is 3. The van der Waals surface area contributed by atoms with Gasteiger partial charge in [0.2, 0.25) is 11.8 Å². The van der Waals surface area contributed by atoms with Crippen LogP contribution in [0.2, 0.25) is 0 Å². The van der Waals surface area contributed by atoms with Gasteiger partial charge in [0.1, 0.15) is 6.04 Å². The normalized spacial score (nSPS) is 11.6. The van der Waals surface area contributed by atoms with Crippen molar-refractivity contribution < 1.29 is 14.4 Å². The highest BCUT2D eigenvalue weighted by atomic mass is 16.2. The van der Waals surface area contributed by atoms with E-state index in [1.807, 2.05) is 44.2 Å². The molecule has 0 spiro atoms. The zero-order valence-corrected chi connectivity index (χ0v) is 15.8. The van der Waals surface area contributed by atoms with Crippen LogP contribution in [0.15, 0.2) is 54.6 Å². The maximum Gasteiger partial charge on any atom is 0.251 e. The van der Waals surface area contributed by atoms with E-state index in [1.54, 1.807) is 31.3 Å². The third-order valence-electron chi connectivity index (χ3n) is 4.11. The minimum atomic E-state index is -0.653. The Kier molecular flexibility index (Phi) is 7.11. The van der Waals surface area contributed by atoms with Crippen LogP contribution in [0.25, 0.3) is 0 Å². The average molecular weight is 367 g/mol. The van der Waals surface area contributed by atoms with E-state index in [-0.39, 0.29) is 30.1 Å². The predicted molar refractivity (Wildman–Crippen MR) is 105 cm³/mol. The number of benzene rings is 2. The Balaban J connectivity index is 1.99. The molecule has 1 atom stereocenters. The number of rotatable bonds is 7. The molecule has 0 unspecified atom stereocenters. The van der Waals surface area contributed by atoms with Gasteiger partial charge in [-0.15, -0.1) is 0 Å². The molecule has 0 aliphatic rings. The Labute approximate surface area is 159 Å². The van der Waals surface area contributed by atoms with Crippen molar-refractivity contribution in [2.24, 2.45) is 5.92 Å². The van der Waals surface area contributed by atoms with Crippen LogP contribution in [0.1, 0.15) is 29.8 Å². The van der Waals surface area contributed by atoms with Gasteiger partial charge < -0.3 is 16.0 Å². The topological polar surface area (TPSA) is 87.3 Å². The molecule has 0 radical (unpaired) electrons. The summed E-state index contributed by atoms with van der Waals surface area (Å²) in [5, 5.41) is 8.14. The molecule has 3 N–H and O–H groups in total. The van der Waals surface area contributed by atoms with Gasteiger partial charge >= 0.3 is 0 Å². The van der Waals surface area contributed by atoms with Crippen molar-refractivity contribution in [2.45, 2.75) is 26.3 Å². The Morgan fingerprint density at radius 1 is 0.926 bits per heavy atom. The lowest BCUT2D eigenvalue weighted by Gasteiger charge is -2.22. The first kappa shape index (κ1) is 20.2. The van der Waals surface area contributed by atoms with Crippen LogP contribution in [0, 0.1) is 5.92 Å². The van der Waals surface area contributed by atoms with Gasteiger partial charge in [-0.2, -0.15) is 0 Å². The molecule has 0 aliphatic heterocycles. The fourth-order valence-corrected chi connectivity index (χ4v) is 2.61. The number of amides is 3. The van der Waals surface area contributed by atoms with Crippen LogP contribution in [0.4, 0.5) is 5.69 Å². The molecule has 0 aromatic heterocycles. The SMILES string of the molecule is CNC(=O)c1ccc(NC(=O)[C@H](NC(=O)Cc2ccccc2)C(C)C)cc1. The molecule has 0 aliphatic carbocycles. The Hall–Kier alpha value is -3.15. The molecular formula is C21H25N3O3. The van der Waals surface area contributed by atoms with Gasteiger partial charge in [0.05, 0.1) is 6.42 Å². The van der Waals surface area contributed by atoms with Crippen LogP contribution >= 0.6 is 0 Å². The van der Waals surface area contributed by atoms with Gasteiger partial charge in [-0.3, -0.25) is 14.4 Å². The monoisotopic (exact) mass is 367 g/mol. The summed E-state index contributed by atoms with van der Waals surface area (Å²) in [4.78, 5) is 36.5. The second-order valence-electron chi connectivity index (χ2n) is 6.60. The number of carbonyl (C=O) groups excluding carboxylic acids is 3. The highest BCUT2D eigenvalue weighted by Gasteiger charge is 2.24. The summed E-state index contributed by atoms with van der Waals surface area (Å²) in [6, 6.07) is 15.3. The van der Waals surface area contributed by atoms with E-state index in [1.165, 1.54) is 0 Å². The first-order chi connectivity index (χ1) is 12.9. The zero-order valence-electron chi connectivity index (χ0n) is 15.8. The van der Waals surface area contributed by atoms with Crippen LogP contribution < -0.4 is 16.0 Å². The summed E-state index contributed by atoms with van der Waals surface area (Å²) >= 11 is 0. The summed E-state index contributed by atoms with van der Waals surface area (Å²) in [5.74, 6) is -0.764. The lowest BCUT2D eigenvalue weighted by molar-refractivity contribution is -0.127. The third kappa shape index (κ3) is 5.95. The lowest BCUT2D eigenvalue weighted by Crippen LogP contribution is -2.47. The third-order valence-corrected chi connectivity index (χ3v) is 4.11. The second-order valence-corrected chi connectivity index (χ2v) is 6.60. The van der Waals surface area contributed by atoms with Crippen LogP contribution in [0.5, 0.6) is 0 Å². The van der Waals surface area contributed by atoms with E-state index in [4.69, 9.17) is 0 Å². The highest BCUT2D eigenvalue weighted by Crippen LogP contribution is 2.12. The van der Waals surface area contributed by atoms with E-state index in [0.29, 0.717) is 11.3 Å². The molecule has 0 fully saturated rings. The largest absolute Gasteiger partial charge is 0.355 e. The molecule has 0 saturated carbocycles. The summed E-state index contributed by atoms with van der Waals surface area (Å²) in [5.41, 5.74) is 1.96. The number of anilines is 1. The van der Waals surface area contributed by atoms with E-state index >= 15 is 0 Å². The minimum absolute atomic E-state index is 0.0742. The van der Waals surface area contributed by atoms with Gasteiger partial charge in [-0.25, -0.2) is 0 Å². The van der Waals surface area contributed by atoms with Gasteiger partial charge in [0, 0.05) is 18.3 Å². The van der Waals surface area contributed by atoms with Crippen LogP contribution in [-0.2, 0) is 16.0 Å². The molecule has 142 valence electrons. The molecule has 2 aromatic carbocycles. The van der Waals surface area contributed by atoms with E-state index in [9.17, 15) is 14.4 Å². The zero-order chi connectivity index (χ0) is 19.8. The van der Waals surface area contributed by atoms with Crippen molar-refractivity contribution >= 4 is 23.4 Å². The van der Waals surface area contributed by atoms with E-state index in [0.717, 1.165) is 5.56 Å². The van der Waals surface area contributed by atoms with Gasteiger partial charge in [-0.05, 0) is 35.7 Å². The molecule has 6 heteroatoms. The average Bonchev–Trinajstić information content (AvgIpc) is 2.66.